The third-order valence-electron chi connectivity index (χ3n) is 2.55. The highest BCUT2D eigenvalue weighted by Gasteiger charge is 2.27. The summed E-state index contributed by atoms with van der Waals surface area (Å²) in [6, 6.07) is 5.79. The Kier molecular flexibility index (Phi) is 3.34. The maximum absolute atomic E-state index is 11.0. The molecule has 0 bridgehead atoms. The van der Waals surface area contributed by atoms with Crippen molar-refractivity contribution in [2.45, 2.75) is 16.6 Å². The van der Waals surface area contributed by atoms with Crippen LogP contribution in [-0.4, -0.2) is 19.1 Å². The molecule has 2 rings (SSSR count). The Bertz CT molecular complexity index is 422. The quantitative estimate of drug-likeness (QED) is 0.675. The molecule has 0 saturated carbocycles. The lowest BCUT2D eigenvalue weighted by Crippen LogP contribution is -2.31. The van der Waals surface area contributed by atoms with Gasteiger partial charge in [0.05, 0.1) is 0 Å². The number of hydrogen-bond donors (Lipinski definition) is 1. The molecular formula is C11H12INO3. The van der Waals surface area contributed by atoms with E-state index in [9.17, 15) is 4.79 Å². The van der Waals surface area contributed by atoms with Crippen molar-refractivity contribution in [1.82, 2.24) is 0 Å². The SMILES string of the molecule is COC(I)c1ccc2c(c1)CC(C(N)=O)O2. The van der Waals surface area contributed by atoms with Gasteiger partial charge in [-0.2, -0.15) is 0 Å². The number of carbonyl (C=O) groups excluding carboxylic acids is 1. The predicted octanol–water partition coefficient (Wildman–Crippen LogP) is 1.56. The van der Waals surface area contributed by atoms with Gasteiger partial charge in [-0.3, -0.25) is 4.79 Å². The molecule has 1 aliphatic heterocycles. The van der Waals surface area contributed by atoms with Crippen molar-refractivity contribution in [1.29, 1.82) is 0 Å². The molecule has 2 unspecified atom stereocenters. The average Bonchev–Trinajstić information content (AvgIpc) is 2.70. The van der Waals surface area contributed by atoms with Gasteiger partial charge >= 0.3 is 0 Å². The summed E-state index contributed by atoms with van der Waals surface area (Å²) in [5, 5.41) is 0. The summed E-state index contributed by atoms with van der Waals surface area (Å²) in [4.78, 5) is 11.0. The second-order valence-electron chi connectivity index (χ2n) is 3.63. The molecule has 5 heteroatoms. The molecule has 1 aromatic carbocycles. The smallest absolute Gasteiger partial charge is 0.258 e. The average molecular weight is 333 g/mol. The number of methoxy groups -OCH3 is 1. The molecule has 1 amide bonds. The van der Waals surface area contributed by atoms with Crippen LogP contribution in [0.3, 0.4) is 0 Å². The number of primary amides is 1. The first-order valence-electron chi connectivity index (χ1n) is 4.87. The van der Waals surface area contributed by atoms with Gasteiger partial charge in [0.15, 0.2) is 6.10 Å². The molecule has 0 radical (unpaired) electrons. The Morgan fingerprint density at radius 2 is 2.44 bits per heavy atom. The molecule has 0 aromatic heterocycles. The number of ether oxygens (including phenoxy) is 2. The highest BCUT2D eigenvalue weighted by atomic mass is 127. The van der Waals surface area contributed by atoms with Gasteiger partial charge < -0.3 is 15.2 Å². The topological polar surface area (TPSA) is 61.5 Å². The molecule has 1 aromatic rings. The molecule has 4 nitrogen and oxygen atoms in total. The monoisotopic (exact) mass is 333 g/mol. The van der Waals surface area contributed by atoms with Gasteiger partial charge in [-0.1, -0.05) is 6.07 Å². The lowest BCUT2D eigenvalue weighted by molar-refractivity contribution is -0.123. The predicted molar refractivity (Wildman–Crippen MR) is 67.5 cm³/mol. The summed E-state index contributed by atoms with van der Waals surface area (Å²) >= 11 is 2.20. The zero-order valence-corrected chi connectivity index (χ0v) is 10.9. The van der Waals surface area contributed by atoms with E-state index in [1.54, 1.807) is 7.11 Å². The van der Waals surface area contributed by atoms with Gasteiger partial charge in [-0.25, -0.2) is 0 Å². The van der Waals surface area contributed by atoms with Crippen LogP contribution in [0.4, 0.5) is 0 Å². The first-order valence-corrected chi connectivity index (χ1v) is 6.12. The number of alkyl halides is 1. The largest absolute Gasteiger partial charge is 0.480 e. The second kappa shape index (κ2) is 4.58. The molecule has 2 N–H and O–H groups in total. The number of hydrogen-bond acceptors (Lipinski definition) is 3. The minimum absolute atomic E-state index is 0.00975. The normalized spacial score (nSPS) is 20.0. The number of carbonyl (C=O) groups is 1. The van der Waals surface area contributed by atoms with E-state index in [1.807, 2.05) is 18.2 Å². The fourth-order valence-corrected chi connectivity index (χ4v) is 2.09. The summed E-state index contributed by atoms with van der Waals surface area (Å²) < 4.78 is 10.7. The standard InChI is InChI=1S/C11H12INO3/c1-15-10(12)6-2-3-8-7(4-6)5-9(16-8)11(13)14/h2-4,9-10H,5H2,1H3,(H2,13,14). The van der Waals surface area contributed by atoms with Crippen molar-refractivity contribution in [3.05, 3.63) is 29.3 Å². The van der Waals surface area contributed by atoms with Crippen molar-refractivity contribution in [2.24, 2.45) is 5.73 Å². The Balaban J connectivity index is 2.24. The fraction of sp³-hybridized carbons (Fsp3) is 0.364. The third-order valence-corrected chi connectivity index (χ3v) is 3.77. The van der Waals surface area contributed by atoms with Gasteiger partial charge in [-0.15, -0.1) is 0 Å². The van der Waals surface area contributed by atoms with Crippen LogP contribution in [0, 0.1) is 0 Å². The molecular weight excluding hydrogens is 321 g/mol. The lowest BCUT2D eigenvalue weighted by Gasteiger charge is -2.09. The Morgan fingerprint density at radius 1 is 1.69 bits per heavy atom. The van der Waals surface area contributed by atoms with Crippen LogP contribution in [0.15, 0.2) is 18.2 Å². The molecule has 0 aliphatic carbocycles. The van der Waals surface area contributed by atoms with E-state index in [0.29, 0.717) is 6.42 Å². The van der Waals surface area contributed by atoms with Crippen LogP contribution in [-0.2, 0) is 16.0 Å². The van der Waals surface area contributed by atoms with Crippen LogP contribution in [0.1, 0.15) is 15.2 Å². The molecule has 0 saturated heterocycles. The molecule has 2 atom stereocenters. The van der Waals surface area contributed by atoms with E-state index in [0.717, 1.165) is 16.9 Å². The van der Waals surface area contributed by atoms with Gasteiger partial charge in [0.25, 0.3) is 5.91 Å². The summed E-state index contributed by atoms with van der Waals surface area (Å²) in [7, 11) is 1.66. The zero-order chi connectivity index (χ0) is 11.7. The fourth-order valence-electron chi connectivity index (χ4n) is 1.70. The van der Waals surface area contributed by atoms with Crippen LogP contribution < -0.4 is 10.5 Å². The van der Waals surface area contributed by atoms with E-state index in [2.05, 4.69) is 22.6 Å². The van der Waals surface area contributed by atoms with Crippen molar-refractivity contribution in [3.8, 4) is 5.75 Å². The maximum Gasteiger partial charge on any atom is 0.258 e. The van der Waals surface area contributed by atoms with E-state index in [1.165, 1.54) is 0 Å². The first kappa shape index (κ1) is 11.7. The molecule has 1 aliphatic rings. The molecule has 0 spiro atoms. The van der Waals surface area contributed by atoms with Gasteiger partial charge in [0.2, 0.25) is 0 Å². The van der Waals surface area contributed by atoms with Crippen LogP contribution in [0.25, 0.3) is 0 Å². The summed E-state index contributed by atoms with van der Waals surface area (Å²) in [5.41, 5.74) is 7.29. The maximum atomic E-state index is 11.0. The summed E-state index contributed by atoms with van der Waals surface area (Å²) in [6.45, 7) is 0. The Morgan fingerprint density at radius 3 is 3.06 bits per heavy atom. The van der Waals surface area contributed by atoms with Crippen molar-refractivity contribution in [3.63, 3.8) is 0 Å². The first-order chi connectivity index (χ1) is 7.61. The summed E-state index contributed by atoms with van der Waals surface area (Å²) in [6.07, 6.45) is 0.0198. The van der Waals surface area contributed by atoms with Crippen molar-refractivity contribution < 1.29 is 14.3 Å². The number of amides is 1. The van der Waals surface area contributed by atoms with Gasteiger partial charge in [0.1, 0.15) is 9.86 Å². The molecule has 0 fully saturated rings. The molecule has 1 heterocycles. The number of rotatable bonds is 3. The Labute approximate surface area is 107 Å². The van der Waals surface area contributed by atoms with Crippen LogP contribution >= 0.6 is 22.6 Å². The zero-order valence-electron chi connectivity index (χ0n) is 8.77. The van der Waals surface area contributed by atoms with Crippen molar-refractivity contribution >= 4 is 28.5 Å². The van der Waals surface area contributed by atoms with Gasteiger partial charge in [0, 0.05) is 13.5 Å². The van der Waals surface area contributed by atoms with E-state index >= 15 is 0 Å². The van der Waals surface area contributed by atoms with E-state index in [4.69, 9.17) is 15.2 Å². The highest BCUT2D eigenvalue weighted by molar-refractivity contribution is 14.1. The highest BCUT2D eigenvalue weighted by Crippen LogP contribution is 2.33. The molecule has 86 valence electrons. The Hall–Kier alpha value is -0.820. The number of benzene rings is 1. The van der Waals surface area contributed by atoms with E-state index < -0.39 is 12.0 Å². The van der Waals surface area contributed by atoms with Crippen molar-refractivity contribution in [2.75, 3.05) is 7.11 Å². The minimum Gasteiger partial charge on any atom is -0.480 e. The second-order valence-corrected chi connectivity index (χ2v) is 4.76. The molecule has 16 heavy (non-hydrogen) atoms. The van der Waals surface area contributed by atoms with E-state index in [-0.39, 0.29) is 4.11 Å². The van der Waals surface area contributed by atoms with Gasteiger partial charge in [-0.05, 0) is 45.9 Å². The minimum atomic E-state index is -0.527. The third kappa shape index (κ3) is 2.15. The number of halogens is 1. The number of nitrogens with two attached hydrogens (primary N) is 1. The van der Waals surface area contributed by atoms with Crippen LogP contribution in [0.5, 0.6) is 5.75 Å². The summed E-state index contributed by atoms with van der Waals surface area (Å²) in [5.74, 6) is 0.322. The lowest BCUT2D eigenvalue weighted by atomic mass is 10.1. The number of fused-ring (bicyclic) bond motifs is 1. The van der Waals surface area contributed by atoms with Crippen LogP contribution in [0.2, 0.25) is 0 Å².